The van der Waals surface area contributed by atoms with Crippen molar-refractivity contribution in [2.45, 2.75) is 27.2 Å². The van der Waals surface area contributed by atoms with Crippen molar-refractivity contribution in [1.29, 1.82) is 0 Å². The van der Waals surface area contributed by atoms with Crippen LogP contribution in [0.3, 0.4) is 0 Å². The molecular formula is C17H18O3. The first kappa shape index (κ1) is 14.3. The highest BCUT2D eigenvalue weighted by Gasteiger charge is 2.35. The van der Waals surface area contributed by atoms with Gasteiger partial charge in [-0.1, -0.05) is 49.8 Å². The Morgan fingerprint density at radius 2 is 1.80 bits per heavy atom. The zero-order valence-corrected chi connectivity index (χ0v) is 11.9. The quantitative estimate of drug-likeness (QED) is 0.673. The van der Waals surface area contributed by atoms with Crippen molar-refractivity contribution in [2.75, 3.05) is 0 Å². The summed E-state index contributed by atoms with van der Waals surface area (Å²) in [5.41, 5.74) is 1.98. The van der Waals surface area contributed by atoms with Gasteiger partial charge < -0.3 is 5.11 Å². The van der Waals surface area contributed by atoms with Gasteiger partial charge in [-0.3, -0.25) is 9.59 Å². The molecule has 0 saturated heterocycles. The van der Waals surface area contributed by atoms with Crippen molar-refractivity contribution in [2.24, 2.45) is 5.92 Å². The van der Waals surface area contributed by atoms with Crippen molar-refractivity contribution in [3.8, 4) is 0 Å². The number of benzene rings is 1. The Balaban J connectivity index is 2.63. The topological polar surface area (TPSA) is 54.4 Å². The molecule has 3 heteroatoms. The molecule has 0 saturated carbocycles. The van der Waals surface area contributed by atoms with E-state index in [9.17, 15) is 14.7 Å². The molecule has 0 heterocycles. The van der Waals surface area contributed by atoms with Crippen LogP contribution in [0.25, 0.3) is 5.76 Å². The molecule has 1 aliphatic rings. The smallest absolute Gasteiger partial charge is 0.234 e. The molecule has 1 aliphatic carbocycles. The summed E-state index contributed by atoms with van der Waals surface area (Å²) in [5, 5.41) is 10.4. The van der Waals surface area contributed by atoms with Crippen LogP contribution >= 0.6 is 0 Å². The summed E-state index contributed by atoms with van der Waals surface area (Å²) in [6, 6.07) is 6.68. The lowest BCUT2D eigenvalue weighted by Gasteiger charge is -2.23. The summed E-state index contributed by atoms with van der Waals surface area (Å²) < 4.78 is 0. The molecule has 0 radical (unpaired) electrons. The minimum absolute atomic E-state index is 0.0644. The van der Waals surface area contributed by atoms with Gasteiger partial charge in [0.2, 0.25) is 11.6 Å². The number of aliphatic hydroxyl groups is 1. The second-order valence-corrected chi connectivity index (χ2v) is 4.90. The number of hydrogen-bond donors (Lipinski definition) is 1. The Labute approximate surface area is 118 Å². The Bertz CT molecular complexity index is 635. The summed E-state index contributed by atoms with van der Waals surface area (Å²) in [6.07, 6.45) is 2.71. The Morgan fingerprint density at radius 3 is 2.35 bits per heavy atom. The molecule has 20 heavy (non-hydrogen) atoms. The number of fused-ring (bicyclic) bond motifs is 1. The van der Waals surface area contributed by atoms with E-state index >= 15 is 0 Å². The highest BCUT2D eigenvalue weighted by atomic mass is 16.3. The van der Waals surface area contributed by atoms with Gasteiger partial charge in [-0.15, -0.1) is 0 Å². The molecule has 0 spiro atoms. The van der Waals surface area contributed by atoms with Crippen LogP contribution in [0.4, 0.5) is 0 Å². The molecule has 1 aromatic rings. The van der Waals surface area contributed by atoms with E-state index < -0.39 is 11.6 Å². The summed E-state index contributed by atoms with van der Waals surface area (Å²) in [4.78, 5) is 24.4. The van der Waals surface area contributed by atoms with Gasteiger partial charge in [-0.2, -0.15) is 0 Å². The molecule has 0 bridgehead atoms. The van der Waals surface area contributed by atoms with Crippen LogP contribution in [-0.4, -0.2) is 16.7 Å². The minimum atomic E-state index is -0.596. The average molecular weight is 270 g/mol. The number of allylic oxidation sites excluding steroid dienone is 3. The zero-order valence-electron chi connectivity index (χ0n) is 11.9. The second kappa shape index (κ2) is 5.45. The first-order chi connectivity index (χ1) is 9.52. The maximum absolute atomic E-state index is 12.3. The molecule has 3 nitrogen and oxygen atoms in total. The number of hydrogen-bond acceptors (Lipinski definition) is 3. The van der Waals surface area contributed by atoms with E-state index in [1.807, 2.05) is 26.8 Å². The van der Waals surface area contributed by atoms with E-state index in [1.165, 1.54) is 0 Å². The highest BCUT2D eigenvalue weighted by molar-refractivity contribution is 6.52. The zero-order chi connectivity index (χ0) is 14.9. The molecule has 0 amide bonds. The standard InChI is InChI=1S/C17H18O3/c1-4-11(5-2)10(3)14-15(18)12-8-6-7-9-13(12)16(19)17(14)20/h4,6-10,18H,5H2,1-3H3/b11-4-/t10-/m0/s1. The monoisotopic (exact) mass is 270 g/mol. The third-order valence-electron chi connectivity index (χ3n) is 3.90. The first-order valence-electron chi connectivity index (χ1n) is 6.79. The molecule has 0 fully saturated rings. The van der Waals surface area contributed by atoms with E-state index in [4.69, 9.17) is 0 Å². The Kier molecular flexibility index (Phi) is 3.89. The number of ketones is 2. The van der Waals surface area contributed by atoms with Crippen LogP contribution in [-0.2, 0) is 4.79 Å². The molecule has 0 aromatic heterocycles. The molecular weight excluding hydrogens is 252 g/mol. The maximum Gasteiger partial charge on any atom is 0.234 e. The summed E-state index contributed by atoms with van der Waals surface area (Å²) >= 11 is 0. The normalized spacial score (nSPS) is 17.2. The van der Waals surface area contributed by atoms with E-state index in [2.05, 4.69) is 0 Å². The predicted octanol–water partition coefficient (Wildman–Crippen LogP) is 3.71. The molecule has 1 aromatic carbocycles. The second-order valence-electron chi connectivity index (χ2n) is 4.90. The van der Waals surface area contributed by atoms with Gasteiger partial charge in [0.15, 0.2) is 0 Å². The molecule has 1 N–H and O–H groups in total. The molecule has 0 unspecified atom stereocenters. The number of rotatable bonds is 3. The van der Waals surface area contributed by atoms with Gasteiger partial charge in [0, 0.05) is 17.0 Å². The SMILES string of the molecule is C/C=C(/CC)[C@H](C)C1=C(O)c2ccccc2C(=O)C1=O. The van der Waals surface area contributed by atoms with E-state index in [0.717, 1.165) is 12.0 Å². The maximum atomic E-state index is 12.3. The van der Waals surface area contributed by atoms with Crippen molar-refractivity contribution < 1.29 is 14.7 Å². The lowest BCUT2D eigenvalue weighted by Crippen LogP contribution is -2.27. The van der Waals surface area contributed by atoms with E-state index in [-0.39, 0.29) is 22.8 Å². The Morgan fingerprint density at radius 1 is 1.20 bits per heavy atom. The van der Waals surface area contributed by atoms with Crippen molar-refractivity contribution in [3.05, 3.63) is 52.6 Å². The molecule has 1 atom stereocenters. The van der Waals surface area contributed by atoms with Crippen LogP contribution < -0.4 is 0 Å². The third-order valence-corrected chi connectivity index (χ3v) is 3.90. The van der Waals surface area contributed by atoms with Crippen molar-refractivity contribution >= 4 is 17.3 Å². The predicted molar refractivity (Wildman–Crippen MR) is 78.5 cm³/mol. The number of Topliss-reactive ketones (excluding diaryl/α,β-unsaturated/α-hetero) is 2. The summed E-state index contributed by atoms with van der Waals surface area (Å²) in [6.45, 7) is 5.74. The van der Waals surface area contributed by atoms with Gasteiger partial charge >= 0.3 is 0 Å². The number of carbonyl (C=O) groups excluding carboxylic acids is 2. The highest BCUT2D eigenvalue weighted by Crippen LogP contribution is 2.34. The summed E-state index contributed by atoms with van der Waals surface area (Å²) in [7, 11) is 0. The van der Waals surface area contributed by atoms with Gasteiger partial charge in [-0.05, 0) is 13.3 Å². The van der Waals surface area contributed by atoms with E-state index in [0.29, 0.717) is 5.56 Å². The lowest BCUT2D eigenvalue weighted by molar-refractivity contribution is -0.112. The van der Waals surface area contributed by atoms with Gasteiger partial charge in [0.25, 0.3) is 0 Å². The van der Waals surface area contributed by atoms with Gasteiger partial charge in [-0.25, -0.2) is 0 Å². The van der Waals surface area contributed by atoms with Crippen LogP contribution in [0, 0.1) is 5.92 Å². The fourth-order valence-electron chi connectivity index (χ4n) is 2.73. The van der Waals surface area contributed by atoms with Crippen LogP contribution in [0.2, 0.25) is 0 Å². The summed E-state index contributed by atoms with van der Waals surface area (Å²) in [5.74, 6) is -1.45. The largest absolute Gasteiger partial charge is 0.507 e. The fourth-order valence-corrected chi connectivity index (χ4v) is 2.73. The third kappa shape index (κ3) is 2.09. The fraction of sp³-hybridized carbons (Fsp3) is 0.294. The van der Waals surface area contributed by atoms with Gasteiger partial charge in [0.05, 0.1) is 5.57 Å². The van der Waals surface area contributed by atoms with Crippen LogP contribution in [0.1, 0.15) is 43.1 Å². The number of aliphatic hydroxyl groups excluding tert-OH is 1. The minimum Gasteiger partial charge on any atom is -0.507 e. The van der Waals surface area contributed by atoms with Crippen molar-refractivity contribution in [3.63, 3.8) is 0 Å². The van der Waals surface area contributed by atoms with E-state index in [1.54, 1.807) is 24.3 Å². The first-order valence-corrected chi connectivity index (χ1v) is 6.79. The lowest BCUT2D eigenvalue weighted by atomic mass is 9.79. The molecule has 0 aliphatic heterocycles. The van der Waals surface area contributed by atoms with Gasteiger partial charge in [0.1, 0.15) is 5.76 Å². The molecule has 104 valence electrons. The van der Waals surface area contributed by atoms with Crippen LogP contribution in [0.15, 0.2) is 41.5 Å². The van der Waals surface area contributed by atoms with Crippen molar-refractivity contribution in [1.82, 2.24) is 0 Å². The number of carbonyl (C=O) groups is 2. The average Bonchev–Trinajstić information content (AvgIpc) is 2.46. The van der Waals surface area contributed by atoms with Crippen LogP contribution in [0.5, 0.6) is 0 Å². The Hall–Kier alpha value is -2.16. The molecule has 2 rings (SSSR count).